The largest absolute Gasteiger partial charge is 0.480 e. The fourth-order valence-corrected chi connectivity index (χ4v) is 7.34. The summed E-state index contributed by atoms with van der Waals surface area (Å²) in [6, 6.07) is 12.1. The Labute approximate surface area is 209 Å². The molecular formula is C23H19ClN4O5S2. The summed E-state index contributed by atoms with van der Waals surface area (Å²) in [5.74, 6) is -1.89. The number of carbonyl (C=O) groups is 2. The number of fused-ring (bicyclic) bond motifs is 2. The van der Waals surface area contributed by atoms with Crippen LogP contribution in [0, 0.1) is 0 Å². The predicted molar refractivity (Wildman–Crippen MR) is 134 cm³/mol. The lowest BCUT2D eigenvalue weighted by Gasteiger charge is -2.38. The molecule has 1 atom stereocenters. The Morgan fingerprint density at radius 1 is 1.20 bits per heavy atom. The van der Waals surface area contributed by atoms with Gasteiger partial charge in [0, 0.05) is 40.1 Å². The van der Waals surface area contributed by atoms with Gasteiger partial charge in [0.1, 0.15) is 10.3 Å². The Bertz CT molecular complexity index is 1600. The molecule has 9 nitrogen and oxygen atoms in total. The minimum atomic E-state index is -4.09. The fraction of sp³-hybridized carbons (Fsp3) is 0.174. The van der Waals surface area contributed by atoms with E-state index in [0.717, 1.165) is 21.0 Å². The minimum Gasteiger partial charge on any atom is -0.480 e. The van der Waals surface area contributed by atoms with E-state index in [9.17, 15) is 23.1 Å². The van der Waals surface area contributed by atoms with E-state index < -0.39 is 34.5 Å². The first-order valence-electron chi connectivity index (χ1n) is 10.5. The molecule has 3 N–H and O–H groups in total. The number of carboxylic acids is 1. The smallest absolute Gasteiger partial charge is 0.327 e. The van der Waals surface area contributed by atoms with E-state index in [2.05, 4.69) is 4.98 Å². The summed E-state index contributed by atoms with van der Waals surface area (Å²) in [7, 11) is -4.09. The molecule has 0 saturated carbocycles. The molecule has 2 aromatic heterocycles. The van der Waals surface area contributed by atoms with E-state index in [4.69, 9.17) is 17.3 Å². The topological polar surface area (TPSA) is 134 Å². The zero-order valence-corrected chi connectivity index (χ0v) is 20.5. The molecule has 12 heteroatoms. The third-order valence-electron chi connectivity index (χ3n) is 5.92. The monoisotopic (exact) mass is 530 g/mol. The summed E-state index contributed by atoms with van der Waals surface area (Å²) in [5, 5.41) is 11.8. The van der Waals surface area contributed by atoms with Crippen LogP contribution < -0.4 is 5.73 Å². The Morgan fingerprint density at radius 3 is 2.77 bits per heavy atom. The highest BCUT2D eigenvalue weighted by molar-refractivity contribution is 7.91. The normalized spacial score (nSPS) is 17.3. The summed E-state index contributed by atoms with van der Waals surface area (Å²) in [5.41, 5.74) is 7.80. The molecule has 2 aromatic carbocycles. The molecule has 1 fully saturated rings. The SMILES string of the molecule is Nc1ccnc2cc(CN3C(=O)CN(S(=O)(=O)c4cc5ccc(Cl)cc5s4)C[C@@H]3C(=O)O)ccc12. The number of carboxylic acid groups (broad SMARTS) is 1. The van der Waals surface area contributed by atoms with Crippen molar-refractivity contribution in [2.75, 3.05) is 18.8 Å². The summed E-state index contributed by atoms with van der Waals surface area (Å²) >= 11 is 7.03. The van der Waals surface area contributed by atoms with Crippen molar-refractivity contribution in [2.45, 2.75) is 16.8 Å². The Kier molecular flexibility index (Phi) is 5.88. The number of benzene rings is 2. The van der Waals surface area contributed by atoms with Gasteiger partial charge in [0.05, 0.1) is 12.1 Å². The van der Waals surface area contributed by atoms with E-state index in [-0.39, 0.29) is 17.3 Å². The maximum Gasteiger partial charge on any atom is 0.327 e. The van der Waals surface area contributed by atoms with Crippen molar-refractivity contribution >= 4 is 71.5 Å². The van der Waals surface area contributed by atoms with Gasteiger partial charge in [-0.15, -0.1) is 11.3 Å². The van der Waals surface area contributed by atoms with Crippen molar-refractivity contribution in [1.82, 2.24) is 14.2 Å². The van der Waals surface area contributed by atoms with Gasteiger partial charge in [0.15, 0.2) is 0 Å². The number of nitrogen functional groups attached to an aromatic ring is 1. The van der Waals surface area contributed by atoms with E-state index >= 15 is 0 Å². The molecule has 0 spiro atoms. The number of thiophene rings is 1. The van der Waals surface area contributed by atoms with Gasteiger partial charge in [0.2, 0.25) is 5.91 Å². The molecule has 180 valence electrons. The number of pyridine rings is 1. The van der Waals surface area contributed by atoms with Crippen LogP contribution in [0.5, 0.6) is 0 Å². The highest BCUT2D eigenvalue weighted by atomic mass is 35.5. The maximum atomic E-state index is 13.3. The van der Waals surface area contributed by atoms with Gasteiger partial charge >= 0.3 is 5.97 Å². The quantitative estimate of drug-likeness (QED) is 0.404. The van der Waals surface area contributed by atoms with Crippen molar-refractivity contribution in [1.29, 1.82) is 0 Å². The fourth-order valence-electron chi connectivity index (χ4n) is 4.11. The molecule has 3 heterocycles. The van der Waals surface area contributed by atoms with Crippen molar-refractivity contribution in [3.05, 3.63) is 65.3 Å². The third kappa shape index (κ3) is 4.31. The molecule has 0 radical (unpaired) electrons. The molecule has 1 saturated heterocycles. The first-order chi connectivity index (χ1) is 16.6. The number of nitrogens with two attached hydrogens (primary N) is 1. The second-order valence-corrected chi connectivity index (χ2v) is 11.9. The second kappa shape index (κ2) is 8.76. The lowest BCUT2D eigenvalue weighted by molar-refractivity contribution is -0.154. The lowest BCUT2D eigenvalue weighted by atomic mass is 10.1. The second-order valence-electron chi connectivity index (χ2n) is 8.17. The molecule has 1 amide bonds. The van der Waals surface area contributed by atoms with E-state index in [1.165, 1.54) is 11.0 Å². The van der Waals surface area contributed by atoms with E-state index in [0.29, 0.717) is 31.9 Å². The Balaban J connectivity index is 1.43. The van der Waals surface area contributed by atoms with Gasteiger partial charge in [0.25, 0.3) is 10.0 Å². The van der Waals surface area contributed by atoms with Gasteiger partial charge in [-0.05, 0) is 41.3 Å². The number of nitrogens with zero attached hydrogens (tertiary/aromatic N) is 3. The standard InChI is InChI=1S/C23H19ClN4O5S2/c24-15-3-2-14-8-22(34-20(14)9-15)35(32,33)27-11-19(23(30)31)28(21(29)12-27)10-13-1-4-16-17(25)5-6-26-18(16)7-13/h1-9,19H,10-12H2,(H2,25,26)(H,30,31)/t19-/m1/s1. The number of aromatic nitrogens is 1. The van der Waals surface area contributed by atoms with Crippen LogP contribution >= 0.6 is 22.9 Å². The molecule has 0 bridgehead atoms. The molecule has 4 aromatic rings. The van der Waals surface area contributed by atoms with Crippen LogP contribution in [0.25, 0.3) is 21.0 Å². The highest BCUT2D eigenvalue weighted by Gasteiger charge is 2.42. The molecule has 1 aliphatic heterocycles. The number of anilines is 1. The van der Waals surface area contributed by atoms with Crippen molar-refractivity contribution in [2.24, 2.45) is 0 Å². The van der Waals surface area contributed by atoms with Gasteiger partial charge in [-0.3, -0.25) is 9.78 Å². The lowest BCUT2D eigenvalue weighted by Crippen LogP contribution is -2.59. The average Bonchev–Trinajstić information content (AvgIpc) is 3.24. The zero-order valence-electron chi connectivity index (χ0n) is 18.1. The summed E-state index contributed by atoms with van der Waals surface area (Å²) in [6.45, 7) is -0.825. The first kappa shape index (κ1) is 23.5. The van der Waals surface area contributed by atoms with E-state index in [1.54, 1.807) is 48.7 Å². The molecule has 0 aliphatic carbocycles. The number of piperazine rings is 1. The van der Waals surface area contributed by atoms with Crippen LogP contribution in [0.3, 0.4) is 0 Å². The first-order valence-corrected chi connectivity index (χ1v) is 13.1. The number of halogens is 1. The van der Waals surface area contributed by atoms with Crippen LogP contribution in [0.2, 0.25) is 5.02 Å². The molecule has 5 rings (SSSR count). The Morgan fingerprint density at radius 2 is 2.00 bits per heavy atom. The van der Waals surface area contributed by atoms with Gasteiger partial charge in [-0.1, -0.05) is 29.8 Å². The van der Waals surface area contributed by atoms with Crippen LogP contribution in [-0.2, 0) is 26.2 Å². The van der Waals surface area contributed by atoms with Crippen LogP contribution in [0.15, 0.2) is 58.9 Å². The minimum absolute atomic E-state index is 0.00249. The number of hydrogen-bond acceptors (Lipinski definition) is 7. The Hall–Kier alpha value is -3.25. The number of amides is 1. The van der Waals surface area contributed by atoms with Crippen molar-refractivity contribution in [3.63, 3.8) is 0 Å². The molecular weight excluding hydrogens is 512 g/mol. The molecule has 35 heavy (non-hydrogen) atoms. The zero-order chi connectivity index (χ0) is 24.9. The van der Waals surface area contributed by atoms with E-state index in [1.807, 2.05) is 0 Å². The number of aliphatic carboxylic acids is 1. The van der Waals surface area contributed by atoms with Gasteiger partial charge < -0.3 is 15.7 Å². The number of hydrogen-bond donors (Lipinski definition) is 2. The average molecular weight is 531 g/mol. The summed E-state index contributed by atoms with van der Waals surface area (Å²) in [6.07, 6.45) is 1.57. The third-order valence-corrected chi connectivity index (χ3v) is 9.51. The van der Waals surface area contributed by atoms with Crippen LogP contribution in [0.1, 0.15) is 5.56 Å². The summed E-state index contributed by atoms with van der Waals surface area (Å²) in [4.78, 5) is 30.6. The predicted octanol–water partition coefficient (Wildman–Crippen LogP) is 3.17. The number of carbonyl (C=O) groups excluding carboxylic acids is 1. The summed E-state index contributed by atoms with van der Waals surface area (Å²) < 4.78 is 28.3. The number of sulfonamides is 1. The van der Waals surface area contributed by atoms with Crippen molar-refractivity contribution in [3.8, 4) is 0 Å². The maximum absolute atomic E-state index is 13.3. The van der Waals surface area contributed by atoms with Crippen molar-refractivity contribution < 1.29 is 23.1 Å². The molecule has 0 unspecified atom stereocenters. The van der Waals surface area contributed by atoms with Gasteiger partial charge in [-0.2, -0.15) is 4.31 Å². The van der Waals surface area contributed by atoms with Gasteiger partial charge in [-0.25, -0.2) is 13.2 Å². The van der Waals surface area contributed by atoms with Crippen LogP contribution in [-0.4, -0.2) is 58.7 Å². The van der Waals surface area contributed by atoms with Crippen LogP contribution in [0.4, 0.5) is 5.69 Å². The number of rotatable bonds is 5. The highest BCUT2D eigenvalue weighted by Crippen LogP contribution is 2.34. The molecule has 1 aliphatic rings.